The average Bonchev–Trinajstić information content (AvgIpc) is 2.81. The molecule has 0 amide bonds. The van der Waals surface area contributed by atoms with E-state index < -0.39 is 0 Å². The summed E-state index contributed by atoms with van der Waals surface area (Å²) in [5, 5.41) is 7.90. The quantitative estimate of drug-likeness (QED) is 0.822. The Morgan fingerprint density at radius 2 is 2.24 bits per heavy atom. The molecule has 4 heteroatoms. The van der Waals surface area contributed by atoms with Gasteiger partial charge >= 0.3 is 0 Å². The molecule has 1 heterocycles. The zero-order chi connectivity index (χ0) is 12.4. The number of nitrogens with one attached hydrogen (secondary N) is 1. The number of nitrogens with zero attached hydrogens (tertiary/aromatic N) is 3. The smallest absolute Gasteiger partial charge is 0.138 e. The summed E-state index contributed by atoms with van der Waals surface area (Å²) in [6, 6.07) is 0.961. The van der Waals surface area contributed by atoms with Gasteiger partial charge in [-0.25, -0.2) is 9.67 Å². The fraction of sp³-hybridized carbons (Fsp3) is 0.846. The molecule has 1 saturated carbocycles. The van der Waals surface area contributed by atoms with Crippen LogP contribution in [0.5, 0.6) is 0 Å². The number of aromatic nitrogens is 3. The van der Waals surface area contributed by atoms with E-state index in [0.717, 1.165) is 30.6 Å². The minimum absolute atomic E-state index is 0.395. The predicted molar refractivity (Wildman–Crippen MR) is 68.8 cm³/mol. The Labute approximate surface area is 104 Å². The topological polar surface area (TPSA) is 42.7 Å². The van der Waals surface area contributed by atoms with Gasteiger partial charge in [0.2, 0.25) is 0 Å². The second-order valence-corrected chi connectivity index (χ2v) is 5.46. The van der Waals surface area contributed by atoms with Gasteiger partial charge in [0.05, 0.1) is 0 Å². The molecule has 0 aliphatic heterocycles. The summed E-state index contributed by atoms with van der Waals surface area (Å²) in [7, 11) is 0. The van der Waals surface area contributed by atoms with Crippen molar-refractivity contribution in [1.82, 2.24) is 20.1 Å². The van der Waals surface area contributed by atoms with E-state index >= 15 is 0 Å². The molecular weight excluding hydrogens is 212 g/mol. The van der Waals surface area contributed by atoms with Crippen LogP contribution in [-0.4, -0.2) is 27.4 Å². The van der Waals surface area contributed by atoms with Crippen LogP contribution in [-0.2, 0) is 6.42 Å². The van der Waals surface area contributed by atoms with Crippen molar-refractivity contribution < 1.29 is 0 Å². The third-order valence-corrected chi connectivity index (χ3v) is 3.69. The van der Waals surface area contributed by atoms with Crippen LogP contribution in [0, 0.1) is 11.8 Å². The van der Waals surface area contributed by atoms with E-state index in [1.165, 1.54) is 6.42 Å². The van der Waals surface area contributed by atoms with Crippen LogP contribution >= 0.6 is 0 Å². The molecule has 0 spiro atoms. The van der Waals surface area contributed by atoms with Gasteiger partial charge in [-0.05, 0) is 38.6 Å². The van der Waals surface area contributed by atoms with Gasteiger partial charge in [0.15, 0.2) is 0 Å². The maximum absolute atomic E-state index is 4.41. The van der Waals surface area contributed by atoms with Crippen LogP contribution in [0.3, 0.4) is 0 Å². The van der Waals surface area contributed by atoms with Crippen molar-refractivity contribution in [3.8, 4) is 0 Å². The Balaban J connectivity index is 2.04. The lowest BCUT2D eigenvalue weighted by Crippen LogP contribution is -2.34. The van der Waals surface area contributed by atoms with E-state index in [1.54, 1.807) is 6.33 Å². The molecule has 1 fully saturated rings. The minimum atomic E-state index is 0.395. The molecule has 96 valence electrons. The van der Waals surface area contributed by atoms with Gasteiger partial charge in [-0.2, -0.15) is 5.10 Å². The van der Waals surface area contributed by atoms with E-state index in [4.69, 9.17) is 0 Å². The second-order valence-electron chi connectivity index (χ2n) is 5.46. The molecule has 1 N–H and O–H groups in total. The van der Waals surface area contributed by atoms with Crippen molar-refractivity contribution in [3.05, 3.63) is 12.2 Å². The van der Waals surface area contributed by atoms with Gasteiger partial charge < -0.3 is 5.32 Å². The average molecular weight is 236 g/mol. The standard InChI is InChI=1S/C13H24N4/c1-5-14-12(11-6-10(11)4)7-13-15-8-16-17(13)9(2)3/h8-12,14H,5-7H2,1-4H3. The molecule has 3 atom stereocenters. The van der Waals surface area contributed by atoms with Crippen LogP contribution in [0.4, 0.5) is 0 Å². The van der Waals surface area contributed by atoms with Crippen LogP contribution in [0.2, 0.25) is 0 Å². The van der Waals surface area contributed by atoms with Crippen molar-refractivity contribution in [2.75, 3.05) is 6.54 Å². The van der Waals surface area contributed by atoms with Crippen molar-refractivity contribution in [1.29, 1.82) is 0 Å². The lowest BCUT2D eigenvalue weighted by Gasteiger charge is -2.18. The first-order valence-electron chi connectivity index (χ1n) is 6.75. The maximum Gasteiger partial charge on any atom is 0.138 e. The first-order valence-corrected chi connectivity index (χ1v) is 6.75. The molecule has 1 aromatic rings. The van der Waals surface area contributed by atoms with Crippen LogP contribution in [0.15, 0.2) is 6.33 Å². The molecule has 0 radical (unpaired) electrons. The molecule has 1 aliphatic rings. The van der Waals surface area contributed by atoms with Crippen molar-refractivity contribution in [2.45, 2.75) is 52.6 Å². The van der Waals surface area contributed by atoms with Gasteiger partial charge in [0.1, 0.15) is 12.2 Å². The first-order chi connectivity index (χ1) is 8.13. The SMILES string of the molecule is CCNC(Cc1ncnn1C(C)C)C1CC1C. The van der Waals surface area contributed by atoms with E-state index in [-0.39, 0.29) is 0 Å². The van der Waals surface area contributed by atoms with E-state index in [1.807, 2.05) is 4.68 Å². The highest BCUT2D eigenvalue weighted by molar-refractivity contribution is 4.99. The molecule has 1 aromatic heterocycles. The number of rotatable bonds is 6. The molecule has 17 heavy (non-hydrogen) atoms. The minimum Gasteiger partial charge on any atom is -0.314 e. The molecule has 2 rings (SSSR count). The Kier molecular flexibility index (Phi) is 3.82. The van der Waals surface area contributed by atoms with Crippen LogP contribution in [0.25, 0.3) is 0 Å². The van der Waals surface area contributed by atoms with Gasteiger partial charge in [-0.15, -0.1) is 0 Å². The maximum atomic E-state index is 4.41. The molecule has 0 saturated heterocycles. The summed E-state index contributed by atoms with van der Waals surface area (Å²) in [5.74, 6) is 2.81. The molecule has 1 aliphatic carbocycles. The number of hydrogen-bond donors (Lipinski definition) is 1. The number of likely N-dealkylation sites (N-methyl/N-ethyl adjacent to an activating group) is 1. The zero-order valence-corrected chi connectivity index (χ0v) is 11.3. The second kappa shape index (κ2) is 5.17. The van der Waals surface area contributed by atoms with Crippen molar-refractivity contribution >= 4 is 0 Å². The molecule has 3 unspecified atom stereocenters. The normalized spacial score (nSPS) is 25.2. The predicted octanol–water partition coefficient (Wildman–Crippen LogP) is 2.04. The zero-order valence-electron chi connectivity index (χ0n) is 11.3. The summed E-state index contributed by atoms with van der Waals surface area (Å²) in [5.41, 5.74) is 0. The third kappa shape index (κ3) is 2.86. The molecule has 0 aromatic carbocycles. The summed E-state index contributed by atoms with van der Waals surface area (Å²) in [4.78, 5) is 4.41. The summed E-state index contributed by atoms with van der Waals surface area (Å²) in [6.07, 6.45) is 4.03. The van der Waals surface area contributed by atoms with E-state index in [9.17, 15) is 0 Å². The van der Waals surface area contributed by atoms with Crippen molar-refractivity contribution in [2.24, 2.45) is 11.8 Å². The Morgan fingerprint density at radius 3 is 2.76 bits per heavy atom. The lowest BCUT2D eigenvalue weighted by atomic mass is 10.1. The number of hydrogen-bond acceptors (Lipinski definition) is 3. The molecule has 4 nitrogen and oxygen atoms in total. The Bertz CT molecular complexity index is 358. The largest absolute Gasteiger partial charge is 0.314 e. The summed E-state index contributed by atoms with van der Waals surface area (Å²) >= 11 is 0. The van der Waals surface area contributed by atoms with E-state index in [2.05, 4.69) is 43.1 Å². The highest BCUT2D eigenvalue weighted by Gasteiger charge is 2.39. The monoisotopic (exact) mass is 236 g/mol. The lowest BCUT2D eigenvalue weighted by molar-refractivity contribution is 0.421. The van der Waals surface area contributed by atoms with Crippen LogP contribution < -0.4 is 5.32 Å². The van der Waals surface area contributed by atoms with Gasteiger partial charge in [0.25, 0.3) is 0 Å². The Hall–Kier alpha value is -0.900. The first kappa shape index (κ1) is 12.6. The van der Waals surface area contributed by atoms with Crippen LogP contribution in [0.1, 0.15) is 46.0 Å². The fourth-order valence-corrected chi connectivity index (χ4v) is 2.60. The fourth-order valence-electron chi connectivity index (χ4n) is 2.60. The Morgan fingerprint density at radius 1 is 1.53 bits per heavy atom. The summed E-state index contributed by atoms with van der Waals surface area (Å²) < 4.78 is 2.04. The molecule has 0 bridgehead atoms. The third-order valence-electron chi connectivity index (χ3n) is 3.69. The van der Waals surface area contributed by atoms with Gasteiger partial charge in [-0.1, -0.05) is 13.8 Å². The van der Waals surface area contributed by atoms with Gasteiger partial charge in [0, 0.05) is 18.5 Å². The van der Waals surface area contributed by atoms with Crippen molar-refractivity contribution in [3.63, 3.8) is 0 Å². The highest BCUT2D eigenvalue weighted by atomic mass is 15.3. The summed E-state index contributed by atoms with van der Waals surface area (Å²) in [6.45, 7) is 9.85. The van der Waals surface area contributed by atoms with E-state index in [0.29, 0.717) is 12.1 Å². The van der Waals surface area contributed by atoms with Gasteiger partial charge in [-0.3, -0.25) is 0 Å². The molecular formula is C13H24N4. The highest BCUT2D eigenvalue weighted by Crippen LogP contribution is 2.41.